The van der Waals surface area contributed by atoms with Gasteiger partial charge in [0.25, 0.3) is 0 Å². The summed E-state index contributed by atoms with van der Waals surface area (Å²) in [5, 5.41) is 0. The van der Waals surface area contributed by atoms with Crippen LogP contribution in [-0.2, 0) is 14.3 Å². The third-order valence-corrected chi connectivity index (χ3v) is 3.81. The highest BCUT2D eigenvalue weighted by molar-refractivity contribution is 5.82. The Morgan fingerprint density at radius 2 is 1.92 bits per heavy atom. The number of carbonyl (C=O) groups is 2. The third kappa shape index (κ3) is 4.83. The molecule has 1 aromatic carbocycles. The minimum Gasteiger partial charge on any atom is -0.464 e. The average molecular weight is 370 g/mol. The average Bonchev–Trinajstić information content (AvgIpc) is 2.53. The van der Waals surface area contributed by atoms with Crippen LogP contribution in [0.2, 0.25) is 0 Å². The highest BCUT2D eigenvalue weighted by Crippen LogP contribution is 2.26. The normalized spacial score (nSPS) is 17.8. The Balaban J connectivity index is 2.25. The topological polar surface area (TPSA) is 59.1 Å². The van der Waals surface area contributed by atoms with Crippen LogP contribution in [0.25, 0.3) is 0 Å². The number of nitrogens with zero attached hydrogens (tertiary/aromatic N) is 2. The summed E-state index contributed by atoms with van der Waals surface area (Å²) in [7, 11) is 0. The second-order valence-corrected chi connectivity index (χ2v) is 6.98. The lowest BCUT2D eigenvalue weighted by atomic mass is 10.1. The molecule has 1 saturated heterocycles. The number of hydrogen-bond donors (Lipinski definition) is 0. The monoisotopic (exact) mass is 370 g/mol. The smallest absolute Gasteiger partial charge is 0.410 e. The maximum Gasteiger partial charge on any atom is 0.410 e. The number of anilines is 1. The number of rotatable bonds is 3. The number of amides is 1. The first-order valence-corrected chi connectivity index (χ1v) is 8.48. The molecule has 1 aromatic rings. The van der Waals surface area contributed by atoms with E-state index in [1.165, 1.54) is 15.9 Å². The van der Waals surface area contributed by atoms with Crippen molar-refractivity contribution in [3.63, 3.8) is 0 Å². The van der Waals surface area contributed by atoms with Gasteiger partial charge in [-0.15, -0.1) is 0 Å². The lowest BCUT2D eigenvalue weighted by Crippen LogP contribution is -2.59. The van der Waals surface area contributed by atoms with Crippen molar-refractivity contribution in [1.29, 1.82) is 0 Å². The summed E-state index contributed by atoms with van der Waals surface area (Å²) >= 11 is 0. The highest BCUT2D eigenvalue weighted by atomic mass is 19.1. The highest BCUT2D eigenvalue weighted by Gasteiger charge is 2.37. The van der Waals surface area contributed by atoms with Crippen LogP contribution in [0.3, 0.4) is 0 Å². The molecular weight excluding hydrogens is 346 g/mol. The van der Waals surface area contributed by atoms with Gasteiger partial charge in [-0.25, -0.2) is 18.4 Å². The second-order valence-electron chi connectivity index (χ2n) is 6.98. The zero-order valence-electron chi connectivity index (χ0n) is 15.4. The van der Waals surface area contributed by atoms with Crippen LogP contribution in [-0.4, -0.2) is 54.8 Å². The fourth-order valence-electron chi connectivity index (χ4n) is 2.72. The molecule has 0 aliphatic carbocycles. The fourth-order valence-corrected chi connectivity index (χ4v) is 2.72. The Kier molecular flexibility index (Phi) is 6.05. The van der Waals surface area contributed by atoms with Crippen LogP contribution in [0.1, 0.15) is 27.7 Å². The Morgan fingerprint density at radius 1 is 1.23 bits per heavy atom. The maximum absolute atomic E-state index is 14.2. The van der Waals surface area contributed by atoms with Gasteiger partial charge in [-0.05, 0) is 39.8 Å². The zero-order valence-corrected chi connectivity index (χ0v) is 15.4. The standard InChI is InChI=1S/C18H24F2N2O4/c1-5-25-16(23)15-11-21(17(24)26-18(2,3)4)8-9-22(15)14-7-6-12(19)10-13(14)20/h6-7,10,15H,5,8-9,11H2,1-4H3. The first kappa shape index (κ1) is 19.9. The molecule has 144 valence electrons. The van der Waals surface area contributed by atoms with Gasteiger partial charge in [-0.2, -0.15) is 0 Å². The van der Waals surface area contributed by atoms with Gasteiger partial charge in [0.05, 0.1) is 18.8 Å². The van der Waals surface area contributed by atoms with Crippen molar-refractivity contribution >= 4 is 17.7 Å². The summed E-state index contributed by atoms with van der Waals surface area (Å²) in [6.07, 6.45) is -0.550. The van der Waals surface area contributed by atoms with Crippen molar-refractivity contribution in [3.05, 3.63) is 29.8 Å². The molecule has 8 heteroatoms. The predicted molar refractivity (Wildman–Crippen MR) is 91.9 cm³/mol. The van der Waals surface area contributed by atoms with Crippen LogP contribution in [0.5, 0.6) is 0 Å². The minimum absolute atomic E-state index is 0.00936. The molecule has 26 heavy (non-hydrogen) atoms. The maximum atomic E-state index is 14.2. The van der Waals surface area contributed by atoms with E-state index in [-0.39, 0.29) is 31.9 Å². The molecular formula is C18H24F2N2O4. The van der Waals surface area contributed by atoms with Crippen LogP contribution >= 0.6 is 0 Å². The Bertz CT molecular complexity index is 676. The van der Waals surface area contributed by atoms with Crippen LogP contribution in [0, 0.1) is 11.6 Å². The van der Waals surface area contributed by atoms with E-state index in [1.54, 1.807) is 27.7 Å². The van der Waals surface area contributed by atoms with E-state index in [1.807, 2.05) is 0 Å². The van der Waals surface area contributed by atoms with Crippen molar-refractivity contribution in [1.82, 2.24) is 4.90 Å². The molecule has 1 fully saturated rings. The molecule has 0 spiro atoms. The van der Waals surface area contributed by atoms with Crippen molar-refractivity contribution < 1.29 is 27.8 Å². The molecule has 6 nitrogen and oxygen atoms in total. The van der Waals surface area contributed by atoms with Gasteiger partial charge in [-0.3, -0.25) is 0 Å². The summed E-state index contributed by atoms with van der Waals surface area (Å²) in [5.74, 6) is -2.05. The first-order valence-electron chi connectivity index (χ1n) is 8.48. The second kappa shape index (κ2) is 7.88. The Labute approximate surface area is 151 Å². The van der Waals surface area contributed by atoms with E-state index in [0.717, 1.165) is 12.1 Å². The molecule has 1 heterocycles. The van der Waals surface area contributed by atoms with E-state index in [2.05, 4.69) is 0 Å². The summed E-state index contributed by atoms with van der Waals surface area (Å²) in [5.41, 5.74) is -0.579. The molecule has 1 amide bonds. The predicted octanol–water partition coefficient (Wildman–Crippen LogP) is 2.95. The van der Waals surface area contributed by atoms with Gasteiger partial charge in [0.2, 0.25) is 0 Å². The number of halogens is 2. The van der Waals surface area contributed by atoms with Gasteiger partial charge in [0, 0.05) is 19.2 Å². The SMILES string of the molecule is CCOC(=O)C1CN(C(=O)OC(C)(C)C)CCN1c1ccc(F)cc1F. The lowest BCUT2D eigenvalue weighted by molar-refractivity contribution is -0.145. The van der Waals surface area contributed by atoms with Crippen LogP contribution in [0.4, 0.5) is 19.3 Å². The van der Waals surface area contributed by atoms with E-state index in [4.69, 9.17) is 9.47 Å². The quantitative estimate of drug-likeness (QED) is 0.766. The lowest BCUT2D eigenvalue weighted by Gasteiger charge is -2.41. The van der Waals surface area contributed by atoms with Crippen molar-refractivity contribution in [2.45, 2.75) is 39.3 Å². The van der Waals surface area contributed by atoms with Crippen molar-refractivity contribution in [2.24, 2.45) is 0 Å². The van der Waals surface area contributed by atoms with Gasteiger partial charge in [0.15, 0.2) is 0 Å². The van der Waals surface area contributed by atoms with Crippen LogP contribution in [0.15, 0.2) is 18.2 Å². The molecule has 0 saturated carbocycles. The van der Waals surface area contributed by atoms with Crippen LogP contribution < -0.4 is 4.90 Å². The molecule has 0 N–H and O–H groups in total. The van der Waals surface area contributed by atoms with Gasteiger partial charge >= 0.3 is 12.1 Å². The zero-order chi connectivity index (χ0) is 19.5. The summed E-state index contributed by atoms with van der Waals surface area (Å²) in [6, 6.07) is 2.26. The number of esters is 1. The first-order chi connectivity index (χ1) is 12.1. The molecule has 1 atom stereocenters. The molecule has 2 rings (SSSR count). The molecule has 0 bridgehead atoms. The largest absolute Gasteiger partial charge is 0.464 e. The molecule has 1 aliphatic heterocycles. The fraction of sp³-hybridized carbons (Fsp3) is 0.556. The number of carbonyl (C=O) groups excluding carboxylic acids is 2. The summed E-state index contributed by atoms with van der Waals surface area (Å²) in [4.78, 5) is 27.6. The Morgan fingerprint density at radius 3 is 2.50 bits per heavy atom. The number of ether oxygens (including phenoxy) is 2. The molecule has 1 unspecified atom stereocenters. The Hall–Kier alpha value is -2.38. The molecule has 0 aromatic heterocycles. The van der Waals surface area contributed by atoms with Gasteiger partial charge in [-0.1, -0.05) is 0 Å². The van der Waals surface area contributed by atoms with E-state index >= 15 is 0 Å². The van der Waals surface area contributed by atoms with Crippen molar-refractivity contribution in [3.8, 4) is 0 Å². The van der Waals surface area contributed by atoms with Crippen molar-refractivity contribution in [2.75, 3.05) is 31.1 Å². The van der Waals surface area contributed by atoms with E-state index in [9.17, 15) is 18.4 Å². The van der Waals surface area contributed by atoms with E-state index in [0.29, 0.717) is 0 Å². The number of piperazine rings is 1. The third-order valence-electron chi connectivity index (χ3n) is 3.81. The minimum atomic E-state index is -0.906. The number of benzene rings is 1. The summed E-state index contributed by atoms with van der Waals surface area (Å²) < 4.78 is 37.8. The molecule has 1 aliphatic rings. The van der Waals surface area contributed by atoms with Gasteiger partial charge in [0.1, 0.15) is 23.3 Å². The molecule has 0 radical (unpaired) electrons. The summed E-state index contributed by atoms with van der Waals surface area (Å²) in [6.45, 7) is 7.47. The van der Waals surface area contributed by atoms with E-state index < -0.39 is 35.3 Å². The van der Waals surface area contributed by atoms with Gasteiger partial charge < -0.3 is 19.3 Å². The number of hydrogen-bond acceptors (Lipinski definition) is 5.